The van der Waals surface area contributed by atoms with Gasteiger partial charge in [0.2, 0.25) is 0 Å². The summed E-state index contributed by atoms with van der Waals surface area (Å²) in [4.78, 5) is 21.3. The van der Waals surface area contributed by atoms with Gasteiger partial charge in [-0.3, -0.25) is 0 Å². The van der Waals surface area contributed by atoms with Crippen LogP contribution in [0.15, 0.2) is 30.3 Å². The van der Waals surface area contributed by atoms with Crippen LogP contribution in [0.4, 0.5) is 9.18 Å². The van der Waals surface area contributed by atoms with E-state index in [2.05, 4.69) is 22.2 Å². The minimum absolute atomic E-state index is 0.0202. The van der Waals surface area contributed by atoms with Gasteiger partial charge in [-0.1, -0.05) is 11.6 Å². The second-order valence-electron chi connectivity index (χ2n) is 7.62. The number of nitrogens with one attached hydrogen (secondary N) is 2. The van der Waals surface area contributed by atoms with E-state index in [0.717, 1.165) is 29.4 Å². The lowest BCUT2D eigenvalue weighted by atomic mass is 10.1. The van der Waals surface area contributed by atoms with Crippen LogP contribution in [0.2, 0.25) is 5.02 Å². The molecule has 0 radical (unpaired) electrons. The first kappa shape index (κ1) is 19.5. The van der Waals surface area contributed by atoms with Gasteiger partial charge in [0, 0.05) is 34.7 Å². The number of hydrogen-bond acceptors (Lipinski definition) is 3. The number of carbonyl (C=O) groups is 1. The topological polar surface area (TPSA) is 70.2 Å². The Morgan fingerprint density at radius 2 is 2.14 bits per heavy atom. The molecule has 0 aliphatic heterocycles. The second-order valence-corrected chi connectivity index (χ2v) is 8.03. The van der Waals surface area contributed by atoms with Gasteiger partial charge in [0.15, 0.2) is 5.75 Å². The number of methoxy groups -OCH3 is 1. The zero-order valence-electron chi connectivity index (χ0n) is 16.5. The molecular formula is C21H22ClFN4O2. The van der Waals surface area contributed by atoms with Gasteiger partial charge in [-0.05, 0) is 50.1 Å². The Labute approximate surface area is 173 Å². The van der Waals surface area contributed by atoms with E-state index in [1.54, 1.807) is 17.0 Å². The highest BCUT2D eigenvalue weighted by atomic mass is 35.5. The van der Waals surface area contributed by atoms with Crippen LogP contribution in [0.5, 0.6) is 5.75 Å². The van der Waals surface area contributed by atoms with Crippen molar-refractivity contribution in [2.45, 2.75) is 31.8 Å². The Morgan fingerprint density at radius 1 is 1.38 bits per heavy atom. The lowest BCUT2D eigenvalue weighted by Crippen LogP contribution is -2.43. The number of aromatic nitrogens is 2. The molecule has 2 N–H and O–H groups in total. The summed E-state index contributed by atoms with van der Waals surface area (Å²) in [7, 11) is 3.21. The summed E-state index contributed by atoms with van der Waals surface area (Å²) in [5.41, 5.74) is 2.69. The molecule has 1 fully saturated rings. The third kappa shape index (κ3) is 3.74. The second kappa shape index (κ2) is 7.22. The predicted molar refractivity (Wildman–Crippen MR) is 111 cm³/mol. The molecule has 1 saturated carbocycles. The standard InChI is InChI=1S/C21H22ClFN4O2/c1-21(6-7-21)27(2)20(28)24-11-13-8-12-9-15(22)14(10-17(12)25-13)16-4-5-18(29-3)19(23)26-16/h4-5,8-10,25H,6-7,11H2,1-3H3,(H,24,28). The fourth-order valence-electron chi connectivity index (χ4n) is 3.28. The summed E-state index contributed by atoms with van der Waals surface area (Å²) in [6.07, 6.45) is 2.06. The molecule has 1 aliphatic rings. The van der Waals surface area contributed by atoms with Gasteiger partial charge in [-0.2, -0.15) is 4.39 Å². The molecule has 1 aliphatic carbocycles. The van der Waals surface area contributed by atoms with Crippen molar-refractivity contribution >= 4 is 28.5 Å². The fourth-order valence-corrected chi connectivity index (χ4v) is 3.55. The van der Waals surface area contributed by atoms with Crippen molar-refractivity contribution in [1.29, 1.82) is 0 Å². The van der Waals surface area contributed by atoms with E-state index in [9.17, 15) is 9.18 Å². The predicted octanol–water partition coefficient (Wildman–Crippen LogP) is 4.72. The van der Waals surface area contributed by atoms with E-state index in [1.807, 2.05) is 19.2 Å². The molecule has 0 unspecified atom stereocenters. The van der Waals surface area contributed by atoms with Crippen molar-refractivity contribution in [2.24, 2.45) is 0 Å². The van der Waals surface area contributed by atoms with E-state index in [0.29, 0.717) is 22.8 Å². The Morgan fingerprint density at radius 3 is 2.79 bits per heavy atom. The quantitative estimate of drug-likeness (QED) is 0.591. The van der Waals surface area contributed by atoms with Crippen LogP contribution >= 0.6 is 11.6 Å². The number of hydrogen-bond donors (Lipinski definition) is 2. The number of benzene rings is 1. The molecule has 6 nitrogen and oxygen atoms in total. The van der Waals surface area contributed by atoms with Crippen LogP contribution in [0.25, 0.3) is 22.2 Å². The Kier molecular flexibility index (Phi) is 4.86. The van der Waals surface area contributed by atoms with Crippen LogP contribution in [0, 0.1) is 5.95 Å². The Hall–Kier alpha value is -2.80. The minimum atomic E-state index is -0.690. The van der Waals surface area contributed by atoms with Gasteiger partial charge < -0.3 is 19.9 Å². The van der Waals surface area contributed by atoms with E-state index >= 15 is 0 Å². The zero-order chi connectivity index (χ0) is 20.8. The normalized spacial score (nSPS) is 14.7. The van der Waals surface area contributed by atoms with Gasteiger partial charge in [-0.25, -0.2) is 9.78 Å². The van der Waals surface area contributed by atoms with Gasteiger partial charge in [0.05, 0.1) is 24.4 Å². The molecule has 8 heteroatoms. The average Bonchev–Trinajstić information content (AvgIpc) is 3.32. The maximum Gasteiger partial charge on any atom is 0.317 e. The molecule has 3 aromatic rings. The van der Waals surface area contributed by atoms with E-state index in [-0.39, 0.29) is 17.3 Å². The summed E-state index contributed by atoms with van der Waals surface area (Å²) < 4.78 is 18.9. The van der Waals surface area contributed by atoms with Gasteiger partial charge in [-0.15, -0.1) is 0 Å². The maximum absolute atomic E-state index is 14.0. The molecule has 4 rings (SSSR count). The van der Waals surface area contributed by atoms with E-state index < -0.39 is 5.95 Å². The van der Waals surface area contributed by atoms with Gasteiger partial charge in [0.1, 0.15) is 0 Å². The molecule has 152 valence electrons. The minimum Gasteiger partial charge on any atom is -0.492 e. The summed E-state index contributed by atoms with van der Waals surface area (Å²) in [5, 5.41) is 4.30. The van der Waals surface area contributed by atoms with Crippen LogP contribution in [-0.4, -0.2) is 40.6 Å². The number of fused-ring (bicyclic) bond motifs is 1. The number of pyridine rings is 1. The first-order chi connectivity index (χ1) is 13.8. The SMILES string of the molecule is COc1ccc(-c2cc3[nH]c(CNC(=O)N(C)C4(C)CC4)cc3cc2Cl)nc1F. The number of nitrogens with zero attached hydrogens (tertiary/aromatic N) is 2. The molecule has 0 bridgehead atoms. The Bertz CT molecular complexity index is 1090. The molecule has 1 aromatic carbocycles. The maximum atomic E-state index is 14.0. The number of amides is 2. The number of H-pyrrole nitrogens is 1. The van der Waals surface area contributed by atoms with Crippen LogP contribution in [-0.2, 0) is 6.54 Å². The largest absolute Gasteiger partial charge is 0.492 e. The van der Waals surface area contributed by atoms with Crippen molar-refractivity contribution in [3.63, 3.8) is 0 Å². The van der Waals surface area contributed by atoms with E-state index in [1.165, 1.54) is 13.2 Å². The fraction of sp³-hybridized carbons (Fsp3) is 0.333. The molecule has 0 saturated heterocycles. The molecule has 0 spiro atoms. The highest BCUT2D eigenvalue weighted by molar-refractivity contribution is 6.34. The lowest BCUT2D eigenvalue weighted by Gasteiger charge is -2.24. The van der Waals surface area contributed by atoms with Crippen LogP contribution in [0.3, 0.4) is 0 Å². The summed E-state index contributed by atoms with van der Waals surface area (Å²) in [5.74, 6) is -0.613. The zero-order valence-corrected chi connectivity index (χ0v) is 17.2. The highest BCUT2D eigenvalue weighted by Gasteiger charge is 2.43. The molecule has 2 amide bonds. The van der Waals surface area contributed by atoms with Crippen molar-refractivity contribution in [2.75, 3.05) is 14.2 Å². The summed E-state index contributed by atoms with van der Waals surface area (Å²) >= 11 is 6.42. The summed E-state index contributed by atoms with van der Waals surface area (Å²) in [6.45, 7) is 2.45. The number of rotatable bonds is 5. The molecule has 0 atom stereocenters. The molecule has 2 aromatic heterocycles. The van der Waals surface area contributed by atoms with Crippen molar-refractivity contribution in [1.82, 2.24) is 20.2 Å². The van der Waals surface area contributed by atoms with Gasteiger partial charge in [0.25, 0.3) is 5.95 Å². The number of urea groups is 1. The highest BCUT2D eigenvalue weighted by Crippen LogP contribution is 2.40. The monoisotopic (exact) mass is 416 g/mol. The number of halogens is 2. The first-order valence-corrected chi connectivity index (χ1v) is 9.72. The first-order valence-electron chi connectivity index (χ1n) is 9.34. The number of ether oxygens (including phenoxy) is 1. The smallest absolute Gasteiger partial charge is 0.317 e. The molecule has 2 heterocycles. The molecular weight excluding hydrogens is 395 g/mol. The van der Waals surface area contributed by atoms with Crippen molar-refractivity contribution in [3.05, 3.63) is 47.0 Å². The van der Waals surface area contributed by atoms with Crippen molar-refractivity contribution in [3.8, 4) is 17.0 Å². The lowest BCUT2D eigenvalue weighted by molar-refractivity contribution is 0.188. The summed E-state index contributed by atoms with van der Waals surface area (Å²) in [6, 6.07) is 8.65. The molecule has 29 heavy (non-hydrogen) atoms. The Balaban J connectivity index is 1.55. The van der Waals surface area contributed by atoms with Crippen LogP contribution < -0.4 is 10.1 Å². The van der Waals surface area contributed by atoms with Crippen molar-refractivity contribution < 1.29 is 13.9 Å². The van der Waals surface area contributed by atoms with Gasteiger partial charge >= 0.3 is 6.03 Å². The van der Waals surface area contributed by atoms with Crippen LogP contribution in [0.1, 0.15) is 25.5 Å². The van der Waals surface area contributed by atoms with E-state index in [4.69, 9.17) is 16.3 Å². The number of aromatic amines is 1. The third-order valence-electron chi connectivity index (χ3n) is 5.59. The number of carbonyl (C=O) groups excluding carboxylic acids is 1. The average molecular weight is 417 g/mol. The third-order valence-corrected chi connectivity index (χ3v) is 5.91.